The molecule has 1 aromatic heterocycles. The van der Waals surface area contributed by atoms with Gasteiger partial charge in [0.25, 0.3) is 0 Å². The maximum atomic E-state index is 5.36. The molecule has 2 N–H and O–H groups in total. The Bertz CT molecular complexity index is 289. The molecular weight excluding hydrogens is 212 g/mol. The van der Waals surface area contributed by atoms with Crippen LogP contribution in [0.15, 0.2) is 22.8 Å². The molecule has 0 radical (unpaired) electrons. The minimum atomic E-state index is 0.478. The summed E-state index contributed by atoms with van der Waals surface area (Å²) in [6.45, 7) is 4.47. The lowest BCUT2D eigenvalue weighted by molar-refractivity contribution is 0.414. The molecule has 0 amide bonds. The molecular formula is C14H24N2O. The Labute approximate surface area is 104 Å². The van der Waals surface area contributed by atoms with E-state index in [1.54, 1.807) is 6.26 Å². The third kappa shape index (κ3) is 4.52. The Morgan fingerprint density at radius 3 is 3.24 bits per heavy atom. The average Bonchev–Trinajstić information content (AvgIpc) is 2.68. The summed E-state index contributed by atoms with van der Waals surface area (Å²) in [6.07, 6.45) is 8.10. The van der Waals surface area contributed by atoms with E-state index in [-0.39, 0.29) is 0 Å². The van der Waals surface area contributed by atoms with Gasteiger partial charge in [0.05, 0.1) is 6.26 Å². The molecule has 1 aliphatic rings. The van der Waals surface area contributed by atoms with Gasteiger partial charge < -0.3 is 15.1 Å². The largest absolute Gasteiger partial charge is 0.469 e. The van der Waals surface area contributed by atoms with Crippen molar-refractivity contribution in [2.75, 3.05) is 13.1 Å². The van der Waals surface area contributed by atoms with Crippen LogP contribution in [0.1, 0.15) is 38.4 Å². The van der Waals surface area contributed by atoms with E-state index < -0.39 is 0 Å². The van der Waals surface area contributed by atoms with Gasteiger partial charge in [0.1, 0.15) is 5.76 Å². The Hall–Kier alpha value is -0.800. The summed E-state index contributed by atoms with van der Waals surface area (Å²) in [5, 5.41) is 7.21. The molecule has 2 heterocycles. The lowest BCUT2D eigenvalue weighted by atomic mass is 10.1. The number of hydrogen-bond donors (Lipinski definition) is 2. The van der Waals surface area contributed by atoms with Crippen LogP contribution in [-0.2, 0) is 6.42 Å². The second-order valence-electron chi connectivity index (χ2n) is 5.09. The highest BCUT2D eigenvalue weighted by atomic mass is 16.3. The van der Waals surface area contributed by atoms with Gasteiger partial charge in [0, 0.05) is 25.0 Å². The number of hydrogen-bond acceptors (Lipinski definition) is 3. The van der Waals surface area contributed by atoms with E-state index in [9.17, 15) is 0 Å². The van der Waals surface area contributed by atoms with Crippen molar-refractivity contribution in [1.29, 1.82) is 0 Å². The monoisotopic (exact) mass is 236 g/mol. The van der Waals surface area contributed by atoms with E-state index >= 15 is 0 Å². The van der Waals surface area contributed by atoms with Crippen LogP contribution in [0.5, 0.6) is 0 Å². The summed E-state index contributed by atoms with van der Waals surface area (Å²) < 4.78 is 5.36. The molecule has 0 bridgehead atoms. The fraction of sp³-hybridized carbons (Fsp3) is 0.714. The van der Waals surface area contributed by atoms with E-state index in [1.165, 1.54) is 32.2 Å². The fourth-order valence-electron chi connectivity index (χ4n) is 2.42. The lowest BCUT2D eigenvalue weighted by Gasteiger charge is -2.19. The third-order valence-electron chi connectivity index (χ3n) is 3.46. The van der Waals surface area contributed by atoms with Crippen molar-refractivity contribution in [3.05, 3.63) is 24.2 Å². The maximum Gasteiger partial charge on any atom is 0.105 e. The zero-order valence-corrected chi connectivity index (χ0v) is 10.7. The van der Waals surface area contributed by atoms with E-state index in [4.69, 9.17) is 4.42 Å². The van der Waals surface area contributed by atoms with Gasteiger partial charge in [-0.25, -0.2) is 0 Å². The van der Waals surface area contributed by atoms with Crippen molar-refractivity contribution in [2.24, 2.45) is 0 Å². The van der Waals surface area contributed by atoms with Crippen LogP contribution in [0.2, 0.25) is 0 Å². The Balaban J connectivity index is 1.66. The van der Waals surface area contributed by atoms with Crippen LogP contribution in [0.4, 0.5) is 0 Å². The van der Waals surface area contributed by atoms with Gasteiger partial charge in [-0.2, -0.15) is 0 Å². The standard InChI is InChI=1S/C14H24N2O/c1-12(10-14-7-5-9-17-14)16-11-13-6-3-2-4-8-15-13/h5,7,9,12-13,15-16H,2-4,6,8,10-11H2,1H3. The summed E-state index contributed by atoms with van der Waals surface area (Å²) in [4.78, 5) is 0. The summed E-state index contributed by atoms with van der Waals surface area (Å²) >= 11 is 0. The molecule has 0 aliphatic carbocycles. The van der Waals surface area contributed by atoms with Gasteiger partial charge >= 0.3 is 0 Å². The molecule has 1 aliphatic heterocycles. The van der Waals surface area contributed by atoms with Gasteiger partial charge in [-0.1, -0.05) is 12.8 Å². The summed E-state index contributed by atoms with van der Waals surface area (Å²) in [6, 6.07) is 5.12. The molecule has 0 aromatic carbocycles. The molecule has 3 nitrogen and oxygen atoms in total. The summed E-state index contributed by atoms with van der Waals surface area (Å²) in [7, 11) is 0. The van der Waals surface area contributed by atoms with Gasteiger partial charge in [-0.05, 0) is 38.4 Å². The first-order chi connectivity index (χ1) is 8.34. The first-order valence-corrected chi connectivity index (χ1v) is 6.84. The summed E-state index contributed by atoms with van der Waals surface area (Å²) in [5.74, 6) is 1.07. The van der Waals surface area contributed by atoms with Crippen molar-refractivity contribution in [2.45, 2.75) is 51.1 Å². The SMILES string of the molecule is CC(Cc1ccco1)NCC1CCCCCN1. The maximum absolute atomic E-state index is 5.36. The average molecular weight is 236 g/mol. The predicted octanol–water partition coefficient (Wildman–Crippen LogP) is 2.33. The van der Waals surface area contributed by atoms with Crippen molar-refractivity contribution in [3.8, 4) is 0 Å². The van der Waals surface area contributed by atoms with Crippen LogP contribution in [0, 0.1) is 0 Å². The van der Waals surface area contributed by atoms with Crippen LogP contribution < -0.4 is 10.6 Å². The van der Waals surface area contributed by atoms with E-state index in [1.807, 2.05) is 12.1 Å². The Morgan fingerprint density at radius 1 is 1.47 bits per heavy atom. The number of nitrogens with one attached hydrogen (secondary N) is 2. The molecule has 3 heteroatoms. The topological polar surface area (TPSA) is 37.2 Å². The third-order valence-corrected chi connectivity index (χ3v) is 3.46. The Morgan fingerprint density at radius 2 is 2.41 bits per heavy atom. The molecule has 1 fully saturated rings. The van der Waals surface area contributed by atoms with Crippen LogP contribution in [-0.4, -0.2) is 25.2 Å². The summed E-state index contributed by atoms with van der Waals surface area (Å²) in [5.41, 5.74) is 0. The van der Waals surface area contributed by atoms with Crippen molar-refractivity contribution < 1.29 is 4.42 Å². The molecule has 2 rings (SSSR count). The normalized spacial score (nSPS) is 23.2. The molecule has 1 saturated heterocycles. The highest BCUT2D eigenvalue weighted by Gasteiger charge is 2.12. The second-order valence-corrected chi connectivity index (χ2v) is 5.09. The molecule has 2 atom stereocenters. The quantitative estimate of drug-likeness (QED) is 0.824. The molecule has 17 heavy (non-hydrogen) atoms. The van der Waals surface area contributed by atoms with Crippen LogP contribution in [0.3, 0.4) is 0 Å². The number of furan rings is 1. The predicted molar refractivity (Wildman–Crippen MR) is 70.1 cm³/mol. The number of rotatable bonds is 5. The van der Waals surface area contributed by atoms with Crippen LogP contribution >= 0.6 is 0 Å². The molecule has 0 saturated carbocycles. The van der Waals surface area contributed by atoms with Crippen molar-refractivity contribution >= 4 is 0 Å². The first-order valence-electron chi connectivity index (χ1n) is 6.84. The van der Waals surface area contributed by atoms with E-state index in [0.717, 1.165) is 18.7 Å². The van der Waals surface area contributed by atoms with E-state index in [2.05, 4.69) is 17.6 Å². The molecule has 2 unspecified atom stereocenters. The van der Waals surface area contributed by atoms with Crippen molar-refractivity contribution in [1.82, 2.24) is 10.6 Å². The zero-order valence-electron chi connectivity index (χ0n) is 10.7. The van der Waals surface area contributed by atoms with Gasteiger partial charge in [0.15, 0.2) is 0 Å². The highest BCUT2D eigenvalue weighted by Crippen LogP contribution is 2.08. The van der Waals surface area contributed by atoms with Gasteiger partial charge in [-0.15, -0.1) is 0 Å². The minimum Gasteiger partial charge on any atom is -0.469 e. The molecule has 0 spiro atoms. The van der Waals surface area contributed by atoms with E-state index in [0.29, 0.717) is 12.1 Å². The van der Waals surface area contributed by atoms with Gasteiger partial charge in [0.2, 0.25) is 0 Å². The molecule has 96 valence electrons. The highest BCUT2D eigenvalue weighted by molar-refractivity contribution is 5.00. The zero-order chi connectivity index (χ0) is 11.9. The minimum absolute atomic E-state index is 0.478. The molecule has 1 aromatic rings. The second kappa shape index (κ2) is 6.82. The fourth-order valence-corrected chi connectivity index (χ4v) is 2.42. The lowest BCUT2D eigenvalue weighted by Crippen LogP contribution is -2.41. The van der Waals surface area contributed by atoms with Gasteiger partial charge in [-0.3, -0.25) is 0 Å². The first kappa shape index (κ1) is 12.7. The van der Waals surface area contributed by atoms with Crippen LogP contribution in [0.25, 0.3) is 0 Å². The Kier molecular flexibility index (Phi) is 5.08. The van der Waals surface area contributed by atoms with Crippen molar-refractivity contribution in [3.63, 3.8) is 0 Å². The smallest absolute Gasteiger partial charge is 0.105 e.